The Morgan fingerprint density at radius 1 is 1.30 bits per heavy atom. The maximum atomic E-state index is 12.7. The summed E-state index contributed by atoms with van der Waals surface area (Å²) < 4.78 is 27.1. The fourth-order valence-corrected chi connectivity index (χ4v) is 4.67. The molecule has 6 heteroatoms. The van der Waals surface area contributed by atoms with Gasteiger partial charge < -0.3 is 4.90 Å². The monoisotopic (exact) mass is 360 g/mol. The van der Waals surface area contributed by atoms with E-state index in [2.05, 4.69) is 15.9 Å². The van der Waals surface area contributed by atoms with Crippen LogP contribution in [0.5, 0.6) is 0 Å². The van der Waals surface area contributed by atoms with Crippen molar-refractivity contribution in [3.63, 3.8) is 0 Å². The SMILES string of the molecule is CN(C)CC1CCCN1S(=O)(=O)c1ccc(CBr)cc1. The number of rotatable bonds is 5. The van der Waals surface area contributed by atoms with E-state index in [0.717, 1.165) is 30.3 Å². The molecule has 0 radical (unpaired) electrons. The van der Waals surface area contributed by atoms with E-state index in [1.54, 1.807) is 16.4 Å². The van der Waals surface area contributed by atoms with Crippen molar-refractivity contribution in [1.29, 1.82) is 0 Å². The molecule has 20 heavy (non-hydrogen) atoms. The van der Waals surface area contributed by atoms with E-state index in [9.17, 15) is 8.42 Å². The lowest BCUT2D eigenvalue weighted by atomic mass is 10.2. The van der Waals surface area contributed by atoms with Crippen LogP contribution in [0.3, 0.4) is 0 Å². The quantitative estimate of drug-likeness (QED) is 0.756. The molecule has 112 valence electrons. The molecule has 0 aromatic heterocycles. The number of halogens is 1. The van der Waals surface area contributed by atoms with Crippen molar-refractivity contribution in [2.45, 2.75) is 29.1 Å². The van der Waals surface area contributed by atoms with Gasteiger partial charge in [0.1, 0.15) is 0 Å². The van der Waals surface area contributed by atoms with Crippen LogP contribution >= 0.6 is 15.9 Å². The summed E-state index contributed by atoms with van der Waals surface area (Å²) in [4.78, 5) is 2.44. The molecule has 1 atom stereocenters. The summed E-state index contributed by atoms with van der Waals surface area (Å²) in [5.74, 6) is 0. The van der Waals surface area contributed by atoms with E-state index in [-0.39, 0.29) is 6.04 Å². The average Bonchev–Trinajstić information content (AvgIpc) is 2.87. The Kier molecular flexibility index (Phi) is 5.23. The summed E-state index contributed by atoms with van der Waals surface area (Å²) in [6.07, 6.45) is 1.88. The van der Waals surface area contributed by atoms with E-state index in [4.69, 9.17) is 0 Å². The van der Waals surface area contributed by atoms with Gasteiger partial charge in [0.05, 0.1) is 4.90 Å². The van der Waals surface area contributed by atoms with Gasteiger partial charge in [-0.2, -0.15) is 4.31 Å². The third kappa shape index (κ3) is 3.42. The van der Waals surface area contributed by atoms with Gasteiger partial charge in [0.25, 0.3) is 0 Å². The molecule has 0 saturated carbocycles. The predicted molar refractivity (Wildman–Crippen MR) is 84.5 cm³/mol. The van der Waals surface area contributed by atoms with Crippen molar-refractivity contribution in [2.75, 3.05) is 27.2 Å². The summed E-state index contributed by atoms with van der Waals surface area (Å²) >= 11 is 3.37. The van der Waals surface area contributed by atoms with Crippen molar-refractivity contribution < 1.29 is 8.42 Å². The van der Waals surface area contributed by atoms with E-state index >= 15 is 0 Å². The number of benzene rings is 1. The molecular formula is C14H21BrN2O2S. The highest BCUT2D eigenvalue weighted by atomic mass is 79.9. The first-order valence-electron chi connectivity index (χ1n) is 6.76. The predicted octanol–water partition coefficient (Wildman–Crippen LogP) is 2.30. The number of likely N-dealkylation sites (N-methyl/N-ethyl adjacent to an activating group) is 1. The van der Waals surface area contributed by atoms with E-state index < -0.39 is 10.0 Å². The van der Waals surface area contributed by atoms with Crippen LogP contribution < -0.4 is 0 Å². The Morgan fingerprint density at radius 2 is 1.95 bits per heavy atom. The summed E-state index contributed by atoms with van der Waals surface area (Å²) in [7, 11) is 0.593. The molecule has 1 fully saturated rings. The number of alkyl halides is 1. The first kappa shape index (κ1) is 15.9. The fourth-order valence-electron chi connectivity index (χ4n) is 2.62. The maximum Gasteiger partial charge on any atom is 0.243 e. The van der Waals surface area contributed by atoms with Crippen LogP contribution in [0.25, 0.3) is 0 Å². The third-order valence-corrected chi connectivity index (χ3v) is 6.20. The number of sulfonamides is 1. The van der Waals surface area contributed by atoms with Crippen molar-refractivity contribution in [3.8, 4) is 0 Å². The summed E-state index contributed by atoms with van der Waals surface area (Å²) in [6.45, 7) is 1.40. The van der Waals surface area contributed by atoms with Gasteiger partial charge in [0.15, 0.2) is 0 Å². The van der Waals surface area contributed by atoms with E-state index in [1.165, 1.54) is 0 Å². The summed E-state index contributed by atoms with van der Waals surface area (Å²) in [6, 6.07) is 7.22. The van der Waals surface area contributed by atoms with Crippen LogP contribution in [0.4, 0.5) is 0 Å². The zero-order valence-electron chi connectivity index (χ0n) is 11.9. The minimum atomic E-state index is -3.37. The standard InChI is InChI=1S/C14H21BrN2O2S/c1-16(2)11-13-4-3-9-17(13)20(18,19)14-7-5-12(10-15)6-8-14/h5-8,13H,3-4,9-11H2,1-2H3. The lowest BCUT2D eigenvalue weighted by Gasteiger charge is -2.26. The molecule has 1 aromatic rings. The van der Waals surface area contributed by atoms with Gasteiger partial charge in [-0.15, -0.1) is 0 Å². The summed E-state index contributed by atoms with van der Waals surface area (Å²) in [5.41, 5.74) is 1.08. The van der Waals surface area contributed by atoms with Crippen molar-refractivity contribution in [1.82, 2.24) is 9.21 Å². The number of hydrogen-bond acceptors (Lipinski definition) is 3. The highest BCUT2D eigenvalue weighted by molar-refractivity contribution is 9.08. The molecule has 1 heterocycles. The minimum absolute atomic E-state index is 0.0888. The molecule has 4 nitrogen and oxygen atoms in total. The minimum Gasteiger partial charge on any atom is -0.308 e. The van der Waals surface area contributed by atoms with Crippen LogP contribution in [-0.4, -0.2) is 50.8 Å². The lowest BCUT2D eigenvalue weighted by Crippen LogP contribution is -2.41. The van der Waals surface area contributed by atoms with E-state index in [0.29, 0.717) is 11.4 Å². The first-order valence-corrected chi connectivity index (χ1v) is 9.33. The summed E-state index contributed by atoms with van der Waals surface area (Å²) in [5, 5.41) is 0.736. The normalized spacial score (nSPS) is 20.7. The zero-order chi connectivity index (χ0) is 14.8. The van der Waals surface area contributed by atoms with Crippen LogP contribution in [-0.2, 0) is 15.4 Å². The lowest BCUT2D eigenvalue weighted by molar-refractivity contribution is 0.291. The molecule has 0 amide bonds. The zero-order valence-corrected chi connectivity index (χ0v) is 14.3. The largest absolute Gasteiger partial charge is 0.308 e. The highest BCUT2D eigenvalue weighted by Gasteiger charge is 2.35. The van der Waals surface area contributed by atoms with Gasteiger partial charge in [-0.25, -0.2) is 8.42 Å². The molecule has 0 N–H and O–H groups in total. The molecule has 1 unspecified atom stereocenters. The molecule has 1 aromatic carbocycles. The first-order chi connectivity index (χ1) is 9.45. The van der Waals surface area contributed by atoms with Crippen LogP contribution in [0.1, 0.15) is 18.4 Å². The Hall–Kier alpha value is -0.430. The average molecular weight is 361 g/mol. The van der Waals surface area contributed by atoms with Crippen molar-refractivity contribution in [2.24, 2.45) is 0 Å². The van der Waals surface area contributed by atoms with Gasteiger partial charge in [-0.05, 0) is 44.6 Å². The number of nitrogens with zero attached hydrogens (tertiary/aromatic N) is 2. The van der Waals surface area contributed by atoms with Crippen LogP contribution in [0.2, 0.25) is 0 Å². The topological polar surface area (TPSA) is 40.6 Å². The second kappa shape index (κ2) is 6.56. The molecular weight excluding hydrogens is 340 g/mol. The van der Waals surface area contributed by atoms with Crippen LogP contribution in [0, 0.1) is 0 Å². The molecule has 0 aliphatic carbocycles. The Morgan fingerprint density at radius 3 is 2.50 bits per heavy atom. The van der Waals surface area contributed by atoms with Gasteiger partial charge in [0.2, 0.25) is 10.0 Å². The maximum absolute atomic E-state index is 12.7. The molecule has 2 rings (SSSR count). The van der Waals surface area contributed by atoms with Gasteiger partial charge in [0, 0.05) is 24.5 Å². The van der Waals surface area contributed by atoms with E-state index in [1.807, 2.05) is 31.1 Å². The fraction of sp³-hybridized carbons (Fsp3) is 0.571. The Balaban J connectivity index is 2.24. The Labute approximate surface area is 129 Å². The van der Waals surface area contributed by atoms with Gasteiger partial charge >= 0.3 is 0 Å². The molecule has 0 spiro atoms. The second-order valence-corrected chi connectivity index (χ2v) is 7.90. The molecule has 1 aliphatic heterocycles. The molecule has 1 saturated heterocycles. The highest BCUT2D eigenvalue weighted by Crippen LogP contribution is 2.26. The Bertz CT molecular complexity index is 543. The number of hydrogen-bond donors (Lipinski definition) is 0. The molecule has 1 aliphatic rings. The van der Waals surface area contributed by atoms with Crippen molar-refractivity contribution in [3.05, 3.63) is 29.8 Å². The van der Waals surface area contributed by atoms with Crippen molar-refractivity contribution >= 4 is 26.0 Å². The third-order valence-electron chi connectivity index (χ3n) is 3.58. The van der Waals surface area contributed by atoms with Gasteiger partial charge in [-0.3, -0.25) is 0 Å². The smallest absolute Gasteiger partial charge is 0.243 e. The van der Waals surface area contributed by atoms with Crippen LogP contribution in [0.15, 0.2) is 29.2 Å². The molecule has 0 bridgehead atoms. The van der Waals surface area contributed by atoms with Gasteiger partial charge in [-0.1, -0.05) is 28.1 Å². The second-order valence-electron chi connectivity index (χ2n) is 5.45.